The average Bonchev–Trinajstić information content (AvgIpc) is 3.25. The summed E-state index contributed by atoms with van der Waals surface area (Å²) in [6, 6.07) is 9.57. The standard InChI is InChI=1S/C20H18BrN5O/c1-11-6-12(2)15(21)8-14(11)18-9-22-20(26(18)3)25-19(27)13-4-5-16-17(7-13)24-10-23-16/h4-10H,1-3H3,(H,23,24)(H,22,25,27). The van der Waals surface area contributed by atoms with E-state index in [1.54, 1.807) is 24.7 Å². The number of carbonyl (C=O) groups excluding carboxylic acids is 1. The van der Waals surface area contributed by atoms with Gasteiger partial charge in [-0.1, -0.05) is 22.0 Å². The zero-order chi connectivity index (χ0) is 19.1. The van der Waals surface area contributed by atoms with Crippen LogP contribution in [-0.2, 0) is 7.05 Å². The molecule has 0 aliphatic rings. The van der Waals surface area contributed by atoms with E-state index >= 15 is 0 Å². The van der Waals surface area contributed by atoms with Crippen LogP contribution in [0.4, 0.5) is 5.95 Å². The summed E-state index contributed by atoms with van der Waals surface area (Å²) in [5, 5.41) is 2.88. The lowest BCUT2D eigenvalue weighted by atomic mass is 10.0. The maximum absolute atomic E-state index is 12.6. The predicted octanol–water partition coefficient (Wildman–Crippen LogP) is 4.60. The highest BCUT2D eigenvalue weighted by atomic mass is 79.9. The highest BCUT2D eigenvalue weighted by Gasteiger charge is 2.15. The third kappa shape index (κ3) is 3.14. The zero-order valence-corrected chi connectivity index (χ0v) is 16.8. The average molecular weight is 424 g/mol. The fraction of sp³-hybridized carbons (Fsp3) is 0.150. The van der Waals surface area contributed by atoms with Gasteiger partial charge < -0.3 is 9.55 Å². The maximum atomic E-state index is 12.6. The maximum Gasteiger partial charge on any atom is 0.258 e. The summed E-state index contributed by atoms with van der Waals surface area (Å²) in [6.45, 7) is 4.13. The number of fused-ring (bicyclic) bond motifs is 1. The van der Waals surface area contributed by atoms with Crippen molar-refractivity contribution in [2.75, 3.05) is 5.32 Å². The van der Waals surface area contributed by atoms with Crippen molar-refractivity contribution < 1.29 is 4.79 Å². The van der Waals surface area contributed by atoms with Crippen LogP contribution in [0.25, 0.3) is 22.3 Å². The molecule has 0 fully saturated rings. The van der Waals surface area contributed by atoms with Crippen LogP contribution in [0.5, 0.6) is 0 Å². The first-order chi connectivity index (χ1) is 12.9. The lowest BCUT2D eigenvalue weighted by molar-refractivity contribution is 0.102. The summed E-state index contributed by atoms with van der Waals surface area (Å²) < 4.78 is 2.93. The first-order valence-electron chi connectivity index (χ1n) is 8.47. The Hall–Kier alpha value is -2.93. The molecule has 136 valence electrons. The summed E-state index contributed by atoms with van der Waals surface area (Å²) in [6.07, 6.45) is 3.38. The van der Waals surface area contributed by atoms with Crippen molar-refractivity contribution in [1.29, 1.82) is 0 Å². The number of imidazole rings is 2. The van der Waals surface area contributed by atoms with Crippen LogP contribution in [-0.4, -0.2) is 25.4 Å². The van der Waals surface area contributed by atoms with E-state index in [0.29, 0.717) is 11.5 Å². The predicted molar refractivity (Wildman–Crippen MR) is 110 cm³/mol. The summed E-state index contributed by atoms with van der Waals surface area (Å²) in [5.41, 5.74) is 6.52. The molecule has 0 bridgehead atoms. The Morgan fingerprint density at radius 2 is 1.96 bits per heavy atom. The summed E-state index contributed by atoms with van der Waals surface area (Å²) in [7, 11) is 1.89. The van der Waals surface area contributed by atoms with Crippen molar-refractivity contribution in [2.24, 2.45) is 7.05 Å². The third-order valence-electron chi connectivity index (χ3n) is 4.68. The van der Waals surface area contributed by atoms with Crippen LogP contribution in [0, 0.1) is 13.8 Å². The number of carbonyl (C=O) groups is 1. The van der Waals surface area contributed by atoms with Gasteiger partial charge in [-0.2, -0.15) is 0 Å². The van der Waals surface area contributed by atoms with Crippen molar-refractivity contribution in [1.82, 2.24) is 19.5 Å². The molecule has 2 heterocycles. The van der Waals surface area contributed by atoms with Crippen LogP contribution in [0.2, 0.25) is 0 Å². The van der Waals surface area contributed by atoms with Gasteiger partial charge in [-0.15, -0.1) is 0 Å². The normalized spacial score (nSPS) is 11.1. The lowest BCUT2D eigenvalue weighted by Crippen LogP contribution is -2.15. The fourth-order valence-electron chi connectivity index (χ4n) is 3.12. The molecule has 27 heavy (non-hydrogen) atoms. The second-order valence-electron chi connectivity index (χ2n) is 6.53. The Balaban J connectivity index is 1.64. The Labute approximate surface area is 164 Å². The minimum absolute atomic E-state index is 0.220. The molecule has 4 aromatic rings. The minimum atomic E-state index is -0.220. The number of halogens is 1. The number of benzene rings is 2. The topological polar surface area (TPSA) is 75.6 Å². The molecule has 0 saturated carbocycles. The van der Waals surface area contributed by atoms with E-state index < -0.39 is 0 Å². The van der Waals surface area contributed by atoms with Gasteiger partial charge in [0.25, 0.3) is 5.91 Å². The van der Waals surface area contributed by atoms with Gasteiger partial charge in [-0.25, -0.2) is 9.97 Å². The fourth-order valence-corrected chi connectivity index (χ4v) is 3.47. The second-order valence-corrected chi connectivity index (χ2v) is 7.39. The van der Waals surface area contributed by atoms with Crippen molar-refractivity contribution in [3.63, 3.8) is 0 Å². The number of H-pyrrole nitrogens is 1. The molecule has 2 aromatic heterocycles. The van der Waals surface area contributed by atoms with Crippen molar-refractivity contribution in [2.45, 2.75) is 13.8 Å². The molecule has 0 spiro atoms. The quantitative estimate of drug-likeness (QED) is 0.505. The Morgan fingerprint density at radius 3 is 2.78 bits per heavy atom. The number of nitrogens with zero attached hydrogens (tertiary/aromatic N) is 3. The van der Waals surface area contributed by atoms with Crippen molar-refractivity contribution >= 4 is 38.8 Å². The number of hydrogen-bond donors (Lipinski definition) is 2. The van der Waals surface area contributed by atoms with E-state index in [9.17, 15) is 4.79 Å². The summed E-state index contributed by atoms with van der Waals surface area (Å²) in [4.78, 5) is 24.2. The van der Waals surface area contributed by atoms with Gasteiger partial charge >= 0.3 is 0 Å². The number of nitrogens with one attached hydrogen (secondary N) is 2. The first kappa shape index (κ1) is 17.5. The molecule has 0 unspecified atom stereocenters. The van der Waals surface area contributed by atoms with E-state index in [4.69, 9.17) is 0 Å². The zero-order valence-electron chi connectivity index (χ0n) is 15.2. The monoisotopic (exact) mass is 423 g/mol. The second kappa shape index (κ2) is 6.66. The Morgan fingerprint density at radius 1 is 1.15 bits per heavy atom. The Kier molecular flexibility index (Phi) is 4.31. The molecule has 4 rings (SSSR count). The van der Waals surface area contributed by atoms with Crippen LogP contribution in [0.3, 0.4) is 0 Å². The largest absolute Gasteiger partial charge is 0.345 e. The van der Waals surface area contributed by atoms with Crippen LogP contribution in [0.15, 0.2) is 47.3 Å². The van der Waals surface area contributed by atoms with Gasteiger partial charge in [0, 0.05) is 22.6 Å². The highest BCUT2D eigenvalue weighted by molar-refractivity contribution is 9.10. The molecule has 0 saturated heterocycles. The lowest BCUT2D eigenvalue weighted by Gasteiger charge is -2.11. The molecule has 0 atom stereocenters. The molecule has 2 aromatic carbocycles. The van der Waals surface area contributed by atoms with Gasteiger partial charge in [-0.05, 0) is 49.2 Å². The van der Waals surface area contributed by atoms with E-state index in [-0.39, 0.29) is 5.91 Å². The molecular formula is C20H18BrN5O. The molecule has 6 nitrogen and oxygen atoms in total. The number of anilines is 1. The molecule has 2 N–H and O–H groups in total. The number of aryl methyl sites for hydroxylation is 2. The molecule has 0 aliphatic carbocycles. The Bertz CT molecular complexity index is 1170. The van der Waals surface area contributed by atoms with Crippen molar-refractivity contribution in [3.05, 3.63) is 64.0 Å². The molecule has 1 amide bonds. The third-order valence-corrected chi connectivity index (χ3v) is 5.53. The first-order valence-corrected chi connectivity index (χ1v) is 9.26. The van der Waals surface area contributed by atoms with Crippen LogP contribution in [0.1, 0.15) is 21.5 Å². The van der Waals surface area contributed by atoms with E-state index in [1.165, 1.54) is 5.56 Å². The van der Waals surface area contributed by atoms with Gasteiger partial charge in [0.2, 0.25) is 5.95 Å². The van der Waals surface area contributed by atoms with E-state index in [1.807, 2.05) is 17.7 Å². The van der Waals surface area contributed by atoms with E-state index in [0.717, 1.165) is 32.3 Å². The number of aromatic amines is 1. The molecule has 7 heteroatoms. The number of rotatable bonds is 3. The number of amides is 1. The van der Waals surface area contributed by atoms with Gasteiger partial charge in [0.15, 0.2) is 0 Å². The van der Waals surface area contributed by atoms with Crippen LogP contribution < -0.4 is 5.32 Å². The summed E-state index contributed by atoms with van der Waals surface area (Å²) in [5.74, 6) is 0.273. The van der Waals surface area contributed by atoms with Gasteiger partial charge in [-0.3, -0.25) is 10.1 Å². The number of aromatic nitrogens is 4. The van der Waals surface area contributed by atoms with Gasteiger partial charge in [0.1, 0.15) is 0 Å². The SMILES string of the molecule is Cc1cc(C)c(-c2cnc(NC(=O)c3ccc4[nH]cnc4c3)n2C)cc1Br. The van der Waals surface area contributed by atoms with E-state index in [2.05, 4.69) is 62.2 Å². The van der Waals surface area contributed by atoms with Gasteiger partial charge in [0.05, 0.1) is 29.3 Å². The van der Waals surface area contributed by atoms with Crippen LogP contribution >= 0.6 is 15.9 Å². The number of hydrogen-bond acceptors (Lipinski definition) is 3. The molecular weight excluding hydrogens is 406 g/mol. The summed E-state index contributed by atoms with van der Waals surface area (Å²) >= 11 is 3.59. The molecule has 0 radical (unpaired) electrons. The molecule has 0 aliphatic heterocycles. The highest BCUT2D eigenvalue weighted by Crippen LogP contribution is 2.30. The van der Waals surface area contributed by atoms with Crippen molar-refractivity contribution in [3.8, 4) is 11.3 Å². The smallest absolute Gasteiger partial charge is 0.258 e. The minimum Gasteiger partial charge on any atom is -0.345 e.